The topological polar surface area (TPSA) is 15.3 Å². The van der Waals surface area contributed by atoms with Crippen molar-refractivity contribution in [3.05, 3.63) is 0 Å². The van der Waals surface area contributed by atoms with Crippen molar-refractivity contribution in [2.75, 3.05) is 25.1 Å². The van der Waals surface area contributed by atoms with E-state index in [1.807, 2.05) is 11.8 Å². The van der Waals surface area contributed by atoms with Gasteiger partial charge in [0.25, 0.3) is 0 Å². The summed E-state index contributed by atoms with van der Waals surface area (Å²) in [5, 5.41) is 3.83. The summed E-state index contributed by atoms with van der Waals surface area (Å²) < 4.78 is 0. The zero-order valence-electron chi connectivity index (χ0n) is 10.7. The van der Waals surface area contributed by atoms with Crippen LogP contribution in [0.3, 0.4) is 0 Å². The summed E-state index contributed by atoms with van der Waals surface area (Å²) in [5.74, 6) is 1.29. The normalized spacial score (nSPS) is 32.6. The van der Waals surface area contributed by atoms with Crippen LogP contribution >= 0.6 is 11.8 Å². The van der Waals surface area contributed by atoms with Crippen molar-refractivity contribution >= 4 is 11.8 Å². The Morgan fingerprint density at radius 1 is 1.38 bits per heavy atom. The van der Waals surface area contributed by atoms with Crippen molar-refractivity contribution in [1.82, 2.24) is 10.2 Å². The molecule has 16 heavy (non-hydrogen) atoms. The number of rotatable bonds is 5. The Morgan fingerprint density at radius 3 is 3.06 bits per heavy atom. The summed E-state index contributed by atoms with van der Waals surface area (Å²) in [6, 6.07) is 2.39. The monoisotopic (exact) mass is 242 g/mol. The molecule has 0 radical (unpaired) electrons. The molecule has 3 unspecified atom stereocenters. The summed E-state index contributed by atoms with van der Waals surface area (Å²) in [5.41, 5.74) is 0. The maximum Gasteiger partial charge on any atom is 0.0111 e. The van der Waals surface area contributed by atoms with Gasteiger partial charge in [-0.3, -0.25) is 0 Å². The van der Waals surface area contributed by atoms with Gasteiger partial charge in [-0.2, -0.15) is 11.8 Å². The van der Waals surface area contributed by atoms with E-state index in [1.54, 1.807) is 0 Å². The molecule has 0 bridgehead atoms. The van der Waals surface area contributed by atoms with E-state index in [0.717, 1.165) is 12.1 Å². The van der Waals surface area contributed by atoms with E-state index in [4.69, 9.17) is 0 Å². The molecule has 0 aliphatic carbocycles. The minimum atomic E-state index is 0.699. The third-order valence-corrected chi connectivity index (χ3v) is 4.74. The van der Waals surface area contributed by atoms with Crippen LogP contribution in [0, 0.1) is 0 Å². The molecule has 1 N–H and O–H groups in total. The molecule has 0 spiro atoms. The van der Waals surface area contributed by atoms with Gasteiger partial charge in [0.2, 0.25) is 0 Å². The van der Waals surface area contributed by atoms with E-state index in [2.05, 4.69) is 23.4 Å². The number of nitrogens with one attached hydrogen (secondary N) is 1. The first-order valence-electron chi connectivity index (χ1n) is 6.78. The van der Waals surface area contributed by atoms with E-state index < -0.39 is 0 Å². The Bertz CT molecular complexity index is 210. The van der Waals surface area contributed by atoms with Gasteiger partial charge < -0.3 is 10.2 Å². The zero-order valence-corrected chi connectivity index (χ0v) is 11.6. The molecule has 2 nitrogen and oxygen atoms in total. The molecule has 3 atom stereocenters. The minimum absolute atomic E-state index is 0.699. The van der Waals surface area contributed by atoms with Gasteiger partial charge in [0.1, 0.15) is 0 Å². The van der Waals surface area contributed by atoms with E-state index in [1.165, 1.54) is 50.9 Å². The van der Waals surface area contributed by atoms with E-state index >= 15 is 0 Å². The molecule has 94 valence electrons. The first kappa shape index (κ1) is 12.7. The van der Waals surface area contributed by atoms with Crippen LogP contribution in [0.5, 0.6) is 0 Å². The van der Waals surface area contributed by atoms with Crippen LogP contribution in [0.4, 0.5) is 0 Å². The van der Waals surface area contributed by atoms with E-state index in [-0.39, 0.29) is 0 Å². The molecule has 2 fully saturated rings. The fraction of sp³-hybridized carbons (Fsp3) is 1.00. The van der Waals surface area contributed by atoms with Crippen LogP contribution < -0.4 is 5.32 Å². The highest BCUT2D eigenvalue weighted by Crippen LogP contribution is 2.27. The second-order valence-electron chi connectivity index (χ2n) is 5.40. The van der Waals surface area contributed by atoms with Gasteiger partial charge >= 0.3 is 0 Å². The van der Waals surface area contributed by atoms with Crippen LogP contribution in [-0.4, -0.2) is 48.1 Å². The first-order chi connectivity index (χ1) is 7.79. The van der Waals surface area contributed by atoms with E-state index in [0.29, 0.717) is 6.04 Å². The van der Waals surface area contributed by atoms with Crippen LogP contribution in [0.2, 0.25) is 0 Å². The summed E-state index contributed by atoms with van der Waals surface area (Å²) in [6.07, 6.45) is 9.14. The molecule has 2 heterocycles. The molecule has 2 aliphatic heterocycles. The predicted octanol–water partition coefficient (Wildman–Crippen LogP) is 2.34. The third kappa shape index (κ3) is 3.38. The maximum atomic E-state index is 3.83. The molecular weight excluding hydrogens is 216 g/mol. The molecule has 0 amide bonds. The first-order valence-corrected chi connectivity index (χ1v) is 8.18. The molecule has 0 aromatic heterocycles. The van der Waals surface area contributed by atoms with Gasteiger partial charge in [-0.25, -0.2) is 0 Å². The highest BCUT2D eigenvalue weighted by molar-refractivity contribution is 7.98. The molecule has 0 saturated carbocycles. The number of fused-ring (bicyclic) bond motifs is 1. The lowest BCUT2D eigenvalue weighted by Crippen LogP contribution is -2.48. The van der Waals surface area contributed by atoms with Gasteiger partial charge in [-0.05, 0) is 64.1 Å². The van der Waals surface area contributed by atoms with Crippen molar-refractivity contribution in [2.24, 2.45) is 0 Å². The van der Waals surface area contributed by atoms with Crippen LogP contribution in [0.1, 0.15) is 39.0 Å². The van der Waals surface area contributed by atoms with Crippen LogP contribution in [0.15, 0.2) is 0 Å². The Hall–Kier alpha value is 0.270. The number of thioether (sulfide) groups is 1. The van der Waals surface area contributed by atoms with Crippen molar-refractivity contribution in [1.29, 1.82) is 0 Å². The van der Waals surface area contributed by atoms with Gasteiger partial charge in [-0.15, -0.1) is 0 Å². The Labute approximate surface area is 105 Å². The van der Waals surface area contributed by atoms with Crippen molar-refractivity contribution in [2.45, 2.75) is 57.2 Å². The maximum absolute atomic E-state index is 3.83. The quantitative estimate of drug-likeness (QED) is 0.797. The van der Waals surface area contributed by atoms with Crippen LogP contribution in [0.25, 0.3) is 0 Å². The predicted molar refractivity (Wildman–Crippen MR) is 73.2 cm³/mol. The summed E-state index contributed by atoms with van der Waals surface area (Å²) in [6.45, 7) is 5.04. The fourth-order valence-corrected chi connectivity index (χ4v) is 3.75. The molecule has 2 rings (SSSR count). The highest BCUT2D eigenvalue weighted by atomic mass is 32.2. The number of nitrogens with zero attached hydrogens (tertiary/aromatic N) is 1. The highest BCUT2D eigenvalue weighted by Gasteiger charge is 2.31. The van der Waals surface area contributed by atoms with Gasteiger partial charge in [0, 0.05) is 18.1 Å². The smallest absolute Gasteiger partial charge is 0.0111 e. The molecule has 0 aromatic rings. The van der Waals surface area contributed by atoms with Gasteiger partial charge in [0.15, 0.2) is 0 Å². The van der Waals surface area contributed by atoms with Crippen molar-refractivity contribution < 1.29 is 0 Å². The average molecular weight is 242 g/mol. The number of piperidine rings is 1. The molecule has 2 aliphatic rings. The zero-order chi connectivity index (χ0) is 11.4. The SMILES string of the molecule is CSCCC(C)NC1CCN2CCCC2C1. The minimum Gasteiger partial charge on any atom is -0.311 e. The number of hydrogen-bond donors (Lipinski definition) is 1. The largest absolute Gasteiger partial charge is 0.311 e. The molecule has 2 saturated heterocycles. The summed E-state index contributed by atoms with van der Waals surface area (Å²) in [7, 11) is 0. The summed E-state index contributed by atoms with van der Waals surface area (Å²) >= 11 is 1.96. The Balaban J connectivity index is 1.70. The lowest BCUT2D eigenvalue weighted by atomic mass is 9.97. The molecule has 3 heteroatoms. The lowest BCUT2D eigenvalue weighted by molar-refractivity contribution is 0.161. The standard InChI is InChI=1S/C13H26N2S/c1-11(6-9-16-2)14-12-5-8-15-7-3-4-13(15)10-12/h11-14H,3-10H2,1-2H3. The molecule has 0 aromatic carbocycles. The van der Waals surface area contributed by atoms with Crippen molar-refractivity contribution in [3.8, 4) is 0 Å². The second kappa shape index (κ2) is 6.27. The van der Waals surface area contributed by atoms with E-state index in [9.17, 15) is 0 Å². The third-order valence-electron chi connectivity index (χ3n) is 4.10. The Kier molecular flexibility index (Phi) is 4.98. The lowest BCUT2D eigenvalue weighted by Gasteiger charge is -2.36. The van der Waals surface area contributed by atoms with Gasteiger partial charge in [-0.1, -0.05) is 0 Å². The van der Waals surface area contributed by atoms with Crippen molar-refractivity contribution in [3.63, 3.8) is 0 Å². The molecular formula is C13H26N2S. The fourth-order valence-electron chi connectivity index (χ4n) is 3.16. The van der Waals surface area contributed by atoms with Crippen LogP contribution in [-0.2, 0) is 0 Å². The second-order valence-corrected chi connectivity index (χ2v) is 6.39. The summed E-state index contributed by atoms with van der Waals surface area (Å²) in [4.78, 5) is 2.70. The average Bonchev–Trinajstić information content (AvgIpc) is 2.73. The Morgan fingerprint density at radius 2 is 2.25 bits per heavy atom. The number of hydrogen-bond acceptors (Lipinski definition) is 3. The van der Waals surface area contributed by atoms with Gasteiger partial charge in [0.05, 0.1) is 0 Å².